The molecule has 2 aliphatic rings. The minimum atomic E-state index is -0.115. The van der Waals surface area contributed by atoms with Crippen LogP contribution in [0.15, 0.2) is 42.7 Å². The summed E-state index contributed by atoms with van der Waals surface area (Å²) in [5.41, 5.74) is 2.66. The first kappa shape index (κ1) is 17.6. The Balaban J connectivity index is 1.37. The highest BCUT2D eigenvalue weighted by molar-refractivity contribution is 7.15. The largest absolute Gasteiger partial charge is 0.317 e. The Kier molecular flexibility index (Phi) is 4.70. The number of benzene rings is 1. The number of amides is 1. The number of piperidine rings is 1. The Labute approximate surface area is 168 Å². The van der Waals surface area contributed by atoms with Crippen molar-refractivity contribution < 1.29 is 4.79 Å². The fourth-order valence-electron chi connectivity index (χ4n) is 3.86. The van der Waals surface area contributed by atoms with Crippen LogP contribution in [0.25, 0.3) is 5.69 Å². The fraction of sp³-hybridized carbons (Fsp3) is 0.381. The van der Waals surface area contributed by atoms with Gasteiger partial charge in [-0.25, -0.2) is 9.67 Å². The maximum atomic E-state index is 13.0. The SMILES string of the molecule is O=C(Nc1ncc(C2CCNCC2)s1)c1cnn(-c2ccccc2)c1C1CC1. The molecule has 3 aromatic rings. The Bertz CT molecular complexity index is 970. The van der Waals surface area contributed by atoms with Crippen molar-refractivity contribution in [2.24, 2.45) is 0 Å². The van der Waals surface area contributed by atoms with Crippen molar-refractivity contribution in [1.82, 2.24) is 20.1 Å². The van der Waals surface area contributed by atoms with Crippen molar-refractivity contribution in [2.75, 3.05) is 18.4 Å². The number of nitrogens with zero attached hydrogens (tertiary/aromatic N) is 3. The third kappa shape index (κ3) is 3.47. The van der Waals surface area contributed by atoms with E-state index >= 15 is 0 Å². The second kappa shape index (κ2) is 7.48. The van der Waals surface area contributed by atoms with Crippen LogP contribution in [0.1, 0.15) is 58.4 Å². The van der Waals surface area contributed by atoms with Crippen molar-refractivity contribution >= 4 is 22.4 Å². The van der Waals surface area contributed by atoms with Gasteiger partial charge in [0.15, 0.2) is 5.13 Å². The number of carbonyl (C=O) groups excluding carboxylic acids is 1. The summed E-state index contributed by atoms with van der Waals surface area (Å²) in [5, 5.41) is 11.6. The molecule has 144 valence electrons. The highest BCUT2D eigenvalue weighted by Crippen LogP contribution is 2.42. The second-order valence-corrected chi connectivity index (χ2v) is 8.57. The maximum absolute atomic E-state index is 13.0. The van der Waals surface area contributed by atoms with Crippen molar-refractivity contribution in [1.29, 1.82) is 0 Å². The first-order valence-corrected chi connectivity index (χ1v) is 10.7. The van der Waals surface area contributed by atoms with Crippen LogP contribution in [0.5, 0.6) is 0 Å². The lowest BCUT2D eigenvalue weighted by atomic mass is 9.97. The van der Waals surface area contributed by atoms with Gasteiger partial charge in [-0.05, 0) is 56.8 Å². The van der Waals surface area contributed by atoms with E-state index in [1.165, 1.54) is 4.88 Å². The monoisotopic (exact) mass is 393 g/mol. The number of anilines is 1. The first-order valence-electron chi connectivity index (χ1n) is 9.91. The molecule has 2 aromatic heterocycles. The van der Waals surface area contributed by atoms with Crippen LogP contribution >= 0.6 is 11.3 Å². The molecule has 1 saturated heterocycles. The predicted molar refractivity (Wildman–Crippen MR) is 110 cm³/mol. The molecule has 5 rings (SSSR count). The minimum Gasteiger partial charge on any atom is -0.317 e. The van der Waals surface area contributed by atoms with Crippen molar-refractivity contribution in [3.05, 3.63) is 58.9 Å². The Morgan fingerprint density at radius 2 is 1.86 bits per heavy atom. The average molecular weight is 394 g/mol. The quantitative estimate of drug-likeness (QED) is 0.689. The third-order valence-corrected chi connectivity index (χ3v) is 6.58. The summed E-state index contributed by atoms with van der Waals surface area (Å²) < 4.78 is 1.91. The molecule has 1 saturated carbocycles. The zero-order chi connectivity index (χ0) is 18.9. The van der Waals surface area contributed by atoms with E-state index in [0.717, 1.165) is 50.2 Å². The lowest BCUT2D eigenvalue weighted by Gasteiger charge is -2.20. The highest BCUT2D eigenvalue weighted by Gasteiger charge is 2.33. The molecule has 1 aliphatic heterocycles. The summed E-state index contributed by atoms with van der Waals surface area (Å²) in [4.78, 5) is 18.7. The number of hydrogen-bond donors (Lipinski definition) is 2. The van der Waals surface area contributed by atoms with E-state index in [0.29, 0.717) is 22.5 Å². The normalized spacial score (nSPS) is 17.6. The molecule has 1 aromatic carbocycles. The molecule has 28 heavy (non-hydrogen) atoms. The van der Waals surface area contributed by atoms with Crippen LogP contribution in [-0.2, 0) is 0 Å². The zero-order valence-electron chi connectivity index (χ0n) is 15.6. The van der Waals surface area contributed by atoms with E-state index in [2.05, 4.69) is 20.7 Å². The molecule has 1 amide bonds. The molecule has 0 bridgehead atoms. The minimum absolute atomic E-state index is 0.115. The van der Waals surface area contributed by atoms with Crippen LogP contribution in [-0.4, -0.2) is 33.8 Å². The highest BCUT2D eigenvalue weighted by atomic mass is 32.1. The Hall–Kier alpha value is -2.51. The number of thiazole rings is 1. The topological polar surface area (TPSA) is 71.8 Å². The molecule has 0 spiro atoms. The number of hydrogen-bond acceptors (Lipinski definition) is 5. The molecule has 6 nitrogen and oxygen atoms in total. The second-order valence-electron chi connectivity index (χ2n) is 7.51. The number of para-hydroxylation sites is 1. The number of nitrogens with one attached hydrogen (secondary N) is 2. The van der Waals surface area contributed by atoms with Crippen molar-refractivity contribution in [2.45, 2.75) is 37.5 Å². The van der Waals surface area contributed by atoms with Crippen LogP contribution in [0.2, 0.25) is 0 Å². The molecular weight excluding hydrogens is 370 g/mol. The summed E-state index contributed by atoms with van der Waals surface area (Å²) in [6, 6.07) is 10.0. The van der Waals surface area contributed by atoms with Crippen LogP contribution < -0.4 is 10.6 Å². The van der Waals surface area contributed by atoms with Gasteiger partial charge in [-0.3, -0.25) is 10.1 Å². The molecule has 1 aliphatic carbocycles. The smallest absolute Gasteiger partial charge is 0.260 e. The van der Waals surface area contributed by atoms with Gasteiger partial charge in [0, 0.05) is 17.0 Å². The summed E-state index contributed by atoms with van der Waals surface area (Å²) in [7, 11) is 0. The number of rotatable bonds is 5. The molecular formula is C21H23N5OS. The van der Waals surface area contributed by atoms with Gasteiger partial charge in [0.2, 0.25) is 0 Å². The third-order valence-electron chi connectivity index (χ3n) is 5.50. The van der Waals surface area contributed by atoms with Crippen molar-refractivity contribution in [3.8, 4) is 5.69 Å². The van der Waals surface area contributed by atoms with E-state index in [-0.39, 0.29) is 5.91 Å². The lowest BCUT2D eigenvalue weighted by molar-refractivity contribution is 0.102. The summed E-state index contributed by atoms with van der Waals surface area (Å²) in [6.45, 7) is 2.10. The van der Waals surface area contributed by atoms with Gasteiger partial charge in [-0.1, -0.05) is 18.2 Å². The average Bonchev–Trinajstić information content (AvgIpc) is 3.31. The van der Waals surface area contributed by atoms with Crippen LogP contribution in [0.3, 0.4) is 0 Å². The van der Waals surface area contributed by atoms with Gasteiger partial charge in [0.05, 0.1) is 23.1 Å². The summed E-state index contributed by atoms with van der Waals surface area (Å²) in [5.74, 6) is 0.840. The van der Waals surface area contributed by atoms with E-state index in [9.17, 15) is 4.79 Å². The van der Waals surface area contributed by atoms with Crippen LogP contribution in [0.4, 0.5) is 5.13 Å². The van der Waals surface area contributed by atoms with Gasteiger partial charge < -0.3 is 5.32 Å². The summed E-state index contributed by atoms with van der Waals surface area (Å²) in [6.07, 6.45) is 8.09. The molecule has 2 N–H and O–H groups in total. The standard InChI is InChI=1S/C21H23N5OS/c27-20(25-21-23-13-18(28-21)14-8-10-22-11-9-14)17-12-24-26(19(17)15-6-7-15)16-4-2-1-3-5-16/h1-5,12-15,22H,6-11H2,(H,23,25,27). The lowest BCUT2D eigenvalue weighted by Crippen LogP contribution is -2.26. The van der Waals surface area contributed by atoms with E-state index < -0.39 is 0 Å². The maximum Gasteiger partial charge on any atom is 0.260 e. The molecule has 2 fully saturated rings. The number of carbonyl (C=O) groups is 1. The molecule has 0 unspecified atom stereocenters. The molecule has 0 radical (unpaired) electrons. The molecule has 7 heteroatoms. The van der Waals surface area contributed by atoms with Crippen LogP contribution in [0, 0.1) is 0 Å². The van der Waals surface area contributed by atoms with Gasteiger partial charge in [-0.2, -0.15) is 5.10 Å². The Morgan fingerprint density at radius 3 is 2.61 bits per heavy atom. The molecule has 3 heterocycles. The predicted octanol–water partition coefficient (Wildman–Crippen LogP) is 3.93. The van der Waals surface area contributed by atoms with Gasteiger partial charge in [0.25, 0.3) is 5.91 Å². The fourth-order valence-corrected chi connectivity index (χ4v) is 4.84. The van der Waals surface area contributed by atoms with Gasteiger partial charge >= 0.3 is 0 Å². The van der Waals surface area contributed by atoms with E-state index in [4.69, 9.17) is 0 Å². The van der Waals surface area contributed by atoms with Gasteiger partial charge in [-0.15, -0.1) is 11.3 Å². The Morgan fingerprint density at radius 1 is 1.07 bits per heavy atom. The molecule has 0 atom stereocenters. The summed E-state index contributed by atoms with van der Waals surface area (Å²) >= 11 is 1.60. The first-order chi connectivity index (χ1) is 13.8. The van der Waals surface area contributed by atoms with E-state index in [1.54, 1.807) is 17.5 Å². The number of aromatic nitrogens is 3. The van der Waals surface area contributed by atoms with Crippen molar-refractivity contribution in [3.63, 3.8) is 0 Å². The van der Waals surface area contributed by atoms with Gasteiger partial charge in [0.1, 0.15) is 0 Å². The van der Waals surface area contributed by atoms with E-state index in [1.807, 2.05) is 41.2 Å². The zero-order valence-corrected chi connectivity index (χ0v) is 16.4.